The molecule has 1 aliphatic carbocycles. The van der Waals surface area contributed by atoms with Gasteiger partial charge >= 0.3 is 18.0 Å². The van der Waals surface area contributed by atoms with Gasteiger partial charge in [-0.1, -0.05) is 6.92 Å². The second-order valence-electron chi connectivity index (χ2n) is 6.22. The average molecular weight is 298 g/mol. The normalized spacial score (nSPS) is 27.9. The Kier molecular flexibility index (Phi) is 4.11. The molecule has 1 heterocycles. The predicted octanol–water partition coefficient (Wildman–Crippen LogP) is 0.690. The highest BCUT2D eigenvalue weighted by Crippen LogP contribution is 2.40. The van der Waals surface area contributed by atoms with Crippen LogP contribution in [0.4, 0.5) is 4.79 Å². The summed E-state index contributed by atoms with van der Waals surface area (Å²) < 4.78 is 4.73. The number of urea groups is 1. The Bertz CT molecular complexity index is 462. The molecule has 1 aliphatic heterocycles. The molecule has 7 nitrogen and oxygen atoms in total. The molecule has 118 valence electrons. The second kappa shape index (κ2) is 5.54. The van der Waals surface area contributed by atoms with Gasteiger partial charge in [0.05, 0.1) is 13.0 Å². The number of ether oxygens (including phenoxy) is 1. The first-order valence-electron chi connectivity index (χ1n) is 7.18. The van der Waals surface area contributed by atoms with Crippen molar-refractivity contribution in [3.05, 3.63) is 0 Å². The summed E-state index contributed by atoms with van der Waals surface area (Å²) in [7, 11) is 1.33. The van der Waals surface area contributed by atoms with Crippen LogP contribution in [0.5, 0.6) is 0 Å². The molecule has 1 saturated heterocycles. The summed E-state index contributed by atoms with van der Waals surface area (Å²) in [6, 6.07) is -0.426. The predicted molar refractivity (Wildman–Crippen MR) is 73.5 cm³/mol. The first-order valence-corrected chi connectivity index (χ1v) is 7.18. The van der Waals surface area contributed by atoms with Crippen molar-refractivity contribution in [1.82, 2.24) is 10.2 Å². The van der Waals surface area contributed by atoms with E-state index in [2.05, 4.69) is 5.32 Å². The van der Waals surface area contributed by atoms with Crippen LogP contribution < -0.4 is 5.32 Å². The number of hydrogen-bond donors (Lipinski definition) is 2. The molecule has 0 radical (unpaired) electrons. The number of likely N-dealkylation sites (tertiary alicyclic amines) is 1. The average Bonchev–Trinajstić information content (AvgIpc) is 3.21. The topological polar surface area (TPSA) is 95.9 Å². The summed E-state index contributed by atoms with van der Waals surface area (Å²) >= 11 is 0. The van der Waals surface area contributed by atoms with Gasteiger partial charge in [0.1, 0.15) is 5.54 Å². The van der Waals surface area contributed by atoms with Crippen LogP contribution in [0.3, 0.4) is 0 Å². The van der Waals surface area contributed by atoms with E-state index in [0.29, 0.717) is 6.54 Å². The van der Waals surface area contributed by atoms with Gasteiger partial charge in [0.2, 0.25) is 0 Å². The van der Waals surface area contributed by atoms with Gasteiger partial charge in [-0.3, -0.25) is 4.79 Å². The highest BCUT2D eigenvalue weighted by atomic mass is 16.5. The van der Waals surface area contributed by atoms with Crippen LogP contribution in [-0.2, 0) is 14.3 Å². The summed E-state index contributed by atoms with van der Waals surface area (Å²) in [5.41, 5.74) is -1.23. The maximum absolute atomic E-state index is 12.3. The molecule has 2 N–H and O–H groups in total. The zero-order valence-corrected chi connectivity index (χ0v) is 12.6. The van der Waals surface area contributed by atoms with Crippen molar-refractivity contribution in [2.24, 2.45) is 17.8 Å². The Morgan fingerprint density at radius 2 is 1.90 bits per heavy atom. The number of carbonyl (C=O) groups excluding carboxylic acids is 2. The van der Waals surface area contributed by atoms with Crippen LogP contribution >= 0.6 is 0 Å². The molecule has 1 saturated carbocycles. The first kappa shape index (κ1) is 15.6. The smallest absolute Gasteiger partial charge is 0.329 e. The standard InChI is InChI=1S/C14H22N2O5/c1-8-6-16(7-10(8)11(17)21-3)13(20)15-14(2,12(18)19)9-4-5-9/h8-10H,4-7H2,1-3H3,(H,15,20)(H,18,19). The van der Waals surface area contributed by atoms with Crippen molar-refractivity contribution >= 4 is 18.0 Å². The van der Waals surface area contributed by atoms with Gasteiger partial charge in [-0.15, -0.1) is 0 Å². The van der Waals surface area contributed by atoms with Crippen LogP contribution in [0, 0.1) is 17.8 Å². The third-order valence-electron chi connectivity index (χ3n) is 4.61. The van der Waals surface area contributed by atoms with Crippen LogP contribution in [0.15, 0.2) is 0 Å². The van der Waals surface area contributed by atoms with Crippen LogP contribution in [0.2, 0.25) is 0 Å². The number of nitrogens with zero attached hydrogens (tertiary/aromatic N) is 1. The second-order valence-corrected chi connectivity index (χ2v) is 6.22. The van der Waals surface area contributed by atoms with Gasteiger partial charge in [0.15, 0.2) is 0 Å². The van der Waals surface area contributed by atoms with E-state index in [1.807, 2.05) is 6.92 Å². The molecule has 2 fully saturated rings. The molecular formula is C14H22N2O5. The maximum Gasteiger partial charge on any atom is 0.329 e. The SMILES string of the molecule is COC(=O)C1CN(C(=O)NC(C)(C(=O)O)C2CC2)CC1C. The fourth-order valence-corrected chi connectivity index (χ4v) is 2.88. The molecule has 0 spiro atoms. The number of hydrogen-bond acceptors (Lipinski definition) is 4. The number of methoxy groups -OCH3 is 1. The summed E-state index contributed by atoms with van der Waals surface area (Å²) in [4.78, 5) is 36.9. The van der Waals surface area contributed by atoms with Crippen molar-refractivity contribution < 1.29 is 24.2 Å². The molecule has 0 aromatic carbocycles. The summed E-state index contributed by atoms with van der Waals surface area (Å²) in [5.74, 6) is -1.72. The Balaban J connectivity index is 2.01. The zero-order chi connectivity index (χ0) is 15.8. The van der Waals surface area contributed by atoms with Crippen LogP contribution in [-0.4, -0.2) is 53.7 Å². The van der Waals surface area contributed by atoms with Gasteiger partial charge in [0.25, 0.3) is 0 Å². The Morgan fingerprint density at radius 3 is 2.38 bits per heavy atom. The van der Waals surface area contributed by atoms with Gasteiger partial charge < -0.3 is 20.1 Å². The lowest BCUT2D eigenvalue weighted by molar-refractivity contribution is -0.146. The molecule has 0 bridgehead atoms. The summed E-state index contributed by atoms with van der Waals surface area (Å²) in [6.45, 7) is 4.11. The number of carbonyl (C=O) groups is 3. The van der Waals surface area contributed by atoms with Crippen molar-refractivity contribution in [3.8, 4) is 0 Å². The third-order valence-corrected chi connectivity index (χ3v) is 4.61. The van der Waals surface area contributed by atoms with E-state index < -0.39 is 17.5 Å². The Labute approximate surface area is 123 Å². The van der Waals surface area contributed by atoms with E-state index in [0.717, 1.165) is 12.8 Å². The number of carboxylic acid groups (broad SMARTS) is 1. The zero-order valence-electron chi connectivity index (χ0n) is 12.6. The number of amides is 2. The molecule has 3 atom stereocenters. The molecule has 3 unspecified atom stereocenters. The minimum absolute atomic E-state index is 0.000194. The fourth-order valence-electron chi connectivity index (χ4n) is 2.88. The third kappa shape index (κ3) is 2.96. The number of aliphatic carboxylic acids is 1. The number of carboxylic acids is 1. The van der Waals surface area contributed by atoms with E-state index in [9.17, 15) is 19.5 Å². The molecule has 2 amide bonds. The van der Waals surface area contributed by atoms with Crippen molar-refractivity contribution in [3.63, 3.8) is 0 Å². The van der Waals surface area contributed by atoms with Gasteiger partial charge in [-0.05, 0) is 31.6 Å². The maximum atomic E-state index is 12.3. The molecular weight excluding hydrogens is 276 g/mol. The lowest BCUT2D eigenvalue weighted by Crippen LogP contribution is -2.57. The minimum Gasteiger partial charge on any atom is -0.480 e. The van der Waals surface area contributed by atoms with Crippen LogP contribution in [0.1, 0.15) is 26.7 Å². The van der Waals surface area contributed by atoms with Crippen molar-refractivity contribution in [1.29, 1.82) is 0 Å². The molecule has 2 rings (SSSR count). The van der Waals surface area contributed by atoms with E-state index in [4.69, 9.17) is 4.74 Å². The number of esters is 1. The lowest BCUT2D eigenvalue weighted by atomic mass is 9.96. The van der Waals surface area contributed by atoms with Gasteiger partial charge in [-0.2, -0.15) is 0 Å². The monoisotopic (exact) mass is 298 g/mol. The Hall–Kier alpha value is -1.79. The minimum atomic E-state index is -1.23. The number of rotatable bonds is 4. The molecule has 7 heteroatoms. The van der Waals surface area contributed by atoms with E-state index in [-0.39, 0.29) is 30.3 Å². The fraction of sp³-hybridized carbons (Fsp3) is 0.786. The molecule has 21 heavy (non-hydrogen) atoms. The largest absolute Gasteiger partial charge is 0.480 e. The highest BCUT2D eigenvalue weighted by molar-refractivity contribution is 5.87. The Morgan fingerprint density at radius 1 is 1.29 bits per heavy atom. The van der Waals surface area contributed by atoms with Crippen molar-refractivity contribution in [2.45, 2.75) is 32.2 Å². The lowest BCUT2D eigenvalue weighted by Gasteiger charge is -2.29. The van der Waals surface area contributed by atoms with E-state index >= 15 is 0 Å². The number of nitrogens with one attached hydrogen (secondary N) is 1. The molecule has 2 aliphatic rings. The first-order chi connectivity index (χ1) is 9.79. The summed E-state index contributed by atoms with van der Waals surface area (Å²) in [6.07, 6.45) is 1.62. The molecule has 0 aromatic rings. The summed E-state index contributed by atoms with van der Waals surface area (Å²) in [5, 5.41) is 12.0. The van der Waals surface area contributed by atoms with Crippen LogP contribution in [0.25, 0.3) is 0 Å². The molecule has 0 aromatic heterocycles. The highest BCUT2D eigenvalue weighted by Gasteiger charge is 2.50. The van der Waals surface area contributed by atoms with Crippen molar-refractivity contribution in [2.75, 3.05) is 20.2 Å². The van der Waals surface area contributed by atoms with Gasteiger partial charge in [-0.25, -0.2) is 9.59 Å². The van der Waals surface area contributed by atoms with E-state index in [1.54, 1.807) is 6.92 Å². The van der Waals surface area contributed by atoms with E-state index in [1.165, 1.54) is 12.0 Å². The van der Waals surface area contributed by atoms with Gasteiger partial charge in [0, 0.05) is 13.1 Å². The quantitative estimate of drug-likeness (QED) is 0.744.